The first-order chi connectivity index (χ1) is 12.6. The van der Waals surface area contributed by atoms with Crippen LogP contribution in [0.3, 0.4) is 0 Å². The molecule has 0 atom stereocenters. The Hall–Kier alpha value is -2.77. The van der Waals surface area contributed by atoms with Crippen molar-refractivity contribution in [3.63, 3.8) is 0 Å². The number of benzene rings is 2. The number of ether oxygens (including phenoxy) is 1. The van der Waals surface area contributed by atoms with Gasteiger partial charge in [0.05, 0.1) is 24.7 Å². The Labute approximate surface area is 151 Å². The molecule has 136 valence electrons. The molecule has 1 fully saturated rings. The van der Waals surface area contributed by atoms with E-state index in [1.165, 1.54) is 34.9 Å². The molecule has 1 aliphatic rings. The van der Waals surface area contributed by atoms with Crippen molar-refractivity contribution in [2.45, 2.75) is 13.1 Å². The number of nitro benzene ring substituents is 1. The van der Waals surface area contributed by atoms with Gasteiger partial charge >= 0.3 is 0 Å². The average molecular weight is 355 g/mol. The molecule has 2 aromatic carbocycles. The van der Waals surface area contributed by atoms with Gasteiger partial charge in [-0.1, -0.05) is 36.1 Å². The molecule has 0 aromatic heterocycles. The van der Waals surface area contributed by atoms with E-state index >= 15 is 0 Å². The summed E-state index contributed by atoms with van der Waals surface area (Å²) in [7, 11) is 0. The Morgan fingerprint density at radius 3 is 2.62 bits per heavy atom. The minimum Gasteiger partial charge on any atom is -0.872 e. The SMILES string of the molecule is O=[N+]([O-])c1ccc([O-])c(C=NCc2ccccc2C[NH+]2CCOCC2)c1. The predicted octanol–water partition coefficient (Wildman–Crippen LogP) is 0.703. The van der Waals surface area contributed by atoms with Crippen LogP contribution in [0.2, 0.25) is 0 Å². The summed E-state index contributed by atoms with van der Waals surface area (Å²) in [6, 6.07) is 11.8. The third-order valence-corrected chi connectivity index (χ3v) is 4.45. The van der Waals surface area contributed by atoms with Gasteiger partial charge in [0.25, 0.3) is 5.69 Å². The first kappa shape index (κ1) is 18.0. The van der Waals surface area contributed by atoms with Crippen LogP contribution >= 0.6 is 0 Å². The van der Waals surface area contributed by atoms with E-state index < -0.39 is 4.92 Å². The van der Waals surface area contributed by atoms with Crippen LogP contribution in [0.4, 0.5) is 5.69 Å². The van der Waals surface area contributed by atoms with Crippen molar-refractivity contribution in [3.8, 4) is 5.75 Å². The fourth-order valence-electron chi connectivity index (χ4n) is 2.98. The molecular weight excluding hydrogens is 334 g/mol. The second-order valence-corrected chi connectivity index (χ2v) is 6.26. The summed E-state index contributed by atoms with van der Waals surface area (Å²) in [5.74, 6) is -0.273. The molecule has 7 nitrogen and oxygen atoms in total. The summed E-state index contributed by atoms with van der Waals surface area (Å²) in [6.45, 7) is 4.90. The average Bonchev–Trinajstić information content (AvgIpc) is 2.65. The zero-order valence-corrected chi connectivity index (χ0v) is 14.4. The number of aliphatic imine (C=N–C) groups is 1. The molecule has 0 unspecified atom stereocenters. The van der Waals surface area contributed by atoms with E-state index in [9.17, 15) is 15.2 Å². The topological polar surface area (TPSA) is 92.2 Å². The van der Waals surface area contributed by atoms with E-state index in [1.54, 1.807) is 0 Å². The van der Waals surface area contributed by atoms with Crippen molar-refractivity contribution in [1.82, 2.24) is 0 Å². The molecule has 0 aliphatic carbocycles. The summed E-state index contributed by atoms with van der Waals surface area (Å²) < 4.78 is 5.40. The summed E-state index contributed by atoms with van der Waals surface area (Å²) in [4.78, 5) is 16.1. The largest absolute Gasteiger partial charge is 0.872 e. The van der Waals surface area contributed by atoms with E-state index in [2.05, 4.69) is 11.1 Å². The molecule has 26 heavy (non-hydrogen) atoms. The predicted molar refractivity (Wildman–Crippen MR) is 95.5 cm³/mol. The fourth-order valence-corrected chi connectivity index (χ4v) is 2.98. The maximum absolute atomic E-state index is 11.8. The lowest BCUT2D eigenvalue weighted by Gasteiger charge is -2.24. The number of nitrogens with one attached hydrogen (secondary N) is 1. The number of hydrogen-bond donors (Lipinski definition) is 1. The molecule has 0 saturated carbocycles. The number of non-ortho nitro benzene ring substituents is 1. The minimum atomic E-state index is -0.517. The maximum atomic E-state index is 11.8. The van der Waals surface area contributed by atoms with Gasteiger partial charge in [-0.2, -0.15) is 0 Å². The molecule has 1 heterocycles. The molecule has 2 aromatic rings. The molecule has 1 saturated heterocycles. The minimum absolute atomic E-state index is 0.109. The van der Waals surface area contributed by atoms with Crippen molar-refractivity contribution in [2.75, 3.05) is 26.3 Å². The lowest BCUT2D eigenvalue weighted by Crippen LogP contribution is -3.12. The Kier molecular flexibility index (Phi) is 5.93. The van der Waals surface area contributed by atoms with Crippen molar-refractivity contribution < 1.29 is 19.7 Å². The van der Waals surface area contributed by atoms with Gasteiger partial charge in [-0.05, 0) is 11.1 Å². The number of nitro groups is 1. The van der Waals surface area contributed by atoms with Crippen molar-refractivity contribution in [1.29, 1.82) is 0 Å². The molecule has 7 heteroatoms. The second-order valence-electron chi connectivity index (χ2n) is 6.26. The van der Waals surface area contributed by atoms with Crippen LogP contribution < -0.4 is 10.0 Å². The van der Waals surface area contributed by atoms with E-state index in [0.717, 1.165) is 38.4 Å². The van der Waals surface area contributed by atoms with Gasteiger partial charge < -0.3 is 14.7 Å². The lowest BCUT2D eigenvalue weighted by molar-refractivity contribution is -0.921. The van der Waals surface area contributed by atoms with Crippen LogP contribution in [0, 0.1) is 10.1 Å². The van der Waals surface area contributed by atoms with Gasteiger partial charge in [-0.15, -0.1) is 0 Å². The van der Waals surface area contributed by atoms with Crippen LogP contribution in [0.1, 0.15) is 16.7 Å². The number of hydrogen-bond acceptors (Lipinski definition) is 5. The Morgan fingerprint density at radius 1 is 1.15 bits per heavy atom. The molecule has 1 N–H and O–H groups in total. The second kappa shape index (κ2) is 8.55. The molecule has 1 aliphatic heterocycles. The highest BCUT2D eigenvalue weighted by molar-refractivity contribution is 5.84. The molecule has 3 rings (SSSR count). The van der Waals surface area contributed by atoms with Gasteiger partial charge in [-0.25, -0.2) is 0 Å². The van der Waals surface area contributed by atoms with Crippen LogP contribution in [-0.2, 0) is 17.8 Å². The molecule has 0 spiro atoms. The Balaban J connectivity index is 1.70. The first-order valence-electron chi connectivity index (χ1n) is 8.57. The van der Waals surface area contributed by atoms with Crippen LogP contribution in [0.5, 0.6) is 5.75 Å². The quantitative estimate of drug-likeness (QED) is 0.469. The number of morpholine rings is 1. The summed E-state index contributed by atoms with van der Waals surface area (Å²) in [5.41, 5.74) is 2.45. The third-order valence-electron chi connectivity index (χ3n) is 4.45. The standard InChI is InChI=1S/C19H21N3O4/c23-19-6-5-18(22(24)25)11-17(19)13-20-12-15-3-1-2-4-16(15)14-21-7-9-26-10-8-21/h1-6,11,13,23H,7-10,12,14H2. The smallest absolute Gasteiger partial charge is 0.270 e. The highest BCUT2D eigenvalue weighted by Gasteiger charge is 2.15. The van der Waals surface area contributed by atoms with Gasteiger partial charge in [0.2, 0.25) is 0 Å². The Morgan fingerprint density at radius 2 is 1.88 bits per heavy atom. The highest BCUT2D eigenvalue weighted by atomic mass is 16.6. The van der Waals surface area contributed by atoms with E-state index in [1.807, 2.05) is 18.2 Å². The van der Waals surface area contributed by atoms with E-state index in [4.69, 9.17) is 4.74 Å². The monoisotopic (exact) mass is 355 g/mol. The van der Waals surface area contributed by atoms with Crippen molar-refractivity contribution in [2.24, 2.45) is 4.99 Å². The van der Waals surface area contributed by atoms with Crippen LogP contribution in [0.15, 0.2) is 47.5 Å². The number of quaternary nitrogens is 1. The molecular formula is C19H21N3O4. The fraction of sp³-hybridized carbons (Fsp3) is 0.316. The number of nitrogens with zero attached hydrogens (tertiary/aromatic N) is 2. The van der Waals surface area contributed by atoms with Gasteiger partial charge in [0.1, 0.15) is 19.6 Å². The third kappa shape index (κ3) is 4.65. The van der Waals surface area contributed by atoms with Crippen LogP contribution in [0.25, 0.3) is 0 Å². The van der Waals surface area contributed by atoms with E-state index in [-0.39, 0.29) is 17.0 Å². The summed E-state index contributed by atoms with van der Waals surface area (Å²) in [6.07, 6.45) is 1.42. The summed E-state index contributed by atoms with van der Waals surface area (Å²) >= 11 is 0. The summed E-state index contributed by atoms with van der Waals surface area (Å²) in [5, 5.41) is 22.7. The van der Waals surface area contributed by atoms with Gasteiger partial charge in [0, 0.05) is 23.9 Å². The van der Waals surface area contributed by atoms with Gasteiger partial charge in [0.15, 0.2) is 0 Å². The highest BCUT2D eigenvalue weighted by Crippen LogP contribution is 2.19. The zero-order valence-electron chi connectivity index (χ0n) is 14.4. The van der Waals surface area contributed by atoms with Crippen LogP contribution in [-0.4, -0.2) is 37.4 Å². The molecule has 0 radical (unpaired) electrons. The van der Waals surface area contributed by atoms with E-state index in [0.29, 0.717) is 6.54 Å². The molecule has 0 bridgehead atoms. The molecule has 0 amide bonds. The van der Waals surface area contributed by atoms with Crippen molar-refractivity contribution >= 4 is 11.9 Å². The Bertz CT molecular complexity index is 801. The zero-order chi connectivity index (χ0) is 18.4. The lowest BCUT2D eigenvalue weighted by atomic mass is 10.1. The maximum Gasteiger partial charge on any atom is 0.270 e. The van der Waals surface area contributed by atoms with Crippen molar-refractivity contribution in [3.05, 3.63) is 69.3 Å². The van der Waals surface area contributed by atoms with Gasteiger partial charge in [-0.3, -0.25) is 15.1 Å². The number of rotatable bonds is 6. The first-order valence-corrected chi connectivity index (χ1v) is 8.57. The normalized spacial score (nSPS) is 15.4.